The van der Waals surface area contributed by atoms with Crippen molar-refractivity contribution >= 4 is 35.1 Å². The van der Waals surface area contributed by atoms with Crippen LogP contribution in [0.2, 0.25) is 0 Å². The van der Waals surface area contributed by atoms with Gasteiger partial charge in [0.1, 0.15) is 5.82 Å². The van der Waals surface area contributed by atoms with Crippen LogP contribution in [0.4, 0.5) is 17.2 Å². The molecule has 0 spiro atoms. The molecule has 2 aliphatic rings. The summed E-state index contributed by atoms with van der Waals surface area (Å²) in [6.07, 6.45) is 6.93. The summed E-state index contributed by atoms with van der Waals surface area (Å²) in [7, 11) is 0. The number of esters is 1. The fourth-order valence-electron chi connectivity index (χ4n) is 6.46. The molecule has 2 unspecified atom stereocenters. The molecule has 1 heterocycles. The number of anilines is 3. The zero-order valence-corrected chi connectivity index (χ0v) is 22.8. The second-order valence-corrected chi connectivity index (χ2v) is 12.0. The van der Waals surface area contributed by atoms with Gasteiger partial charge in [0, 0.05) is 16.3 Å². The Balaban J connectivity index is 1.15. The Labute approximate surface area is 224 Å². The van der Waals surface area contributed by atoms with E-state index < -0.39 is 5.97 Å². The van der Waals surface area contributed by atoms with Crippen molar-refractivity contribution in [2.45, 2.75) is 63.2 Å². The number of ether oxygens (including phenoxy) is 1. The van der Waals surface area contributed by atoms with Gasteiger partial charge in [-0.05, 0) is 128 Å². The number of benzene rings is 2. The zero-order chi connectivity index (χ0) is 25.8. The second kappa shape index (κ2) is 11.2. The molecule has 0 radical (unpaired) electrons. The number of hydrogen-bond donors (Lipinski definition) is 2. The minimum atomic E-state index is -0.415. The molecule has 37 heavy (non-hydrogen) atoms. The number of fused-ring (bicyclic) bond motifs is 2. The lowest BCUT2D eigenvalue weighted by atomic mass is 9.57. The van der Waals surface area contributed by atoms with E-state index in [2.05, 4.69) is 65.3 Å². The average Bonchev–Trinajstić information content (AvgIpc) is 2.88. The number of hydrogen-bond acceptors (Lipinski definition) is 6. The largest absolute Gasteiger partial charge is 0.461 e. The molecule has 194 valence electrons. The summed E-state index contributed by atoms with van der Waals surface area (Å²) in [6, 6.07) is 22.5. The van der Waals surface area contributed by atoms with E-state index in [4.69, 9.17) is 4.74 Å². The highest BCUT2D eigenvalue weighted by Crippen LogP contribution is 2.51. The average molecular weight is 516 g/mol. The van der Waals surface area contributed by atoms with Crippen LogP contribution in [-0.4, -0.2) is 17.6 Å². The zero-order valence-electron chi connectivity index (χ0n) is 22.0. The van der Waals surface area contributed by atoms with Crippen molar-refractivity contribution in [1.29, 1.82) is 0 Å². The molecule has 2 atom stereocenters. The molecular weight excluding hydrogens is 478 g/mol. The van der Waals surface area contributed by atoms with Crippen LogP contribution < -0.4 is 10.0 Å². The fraction of sp³-hybridized carbons (Fsp3) is 0.419. The van der Waals surface area contributed by atoms with E-state index in [9.17, 15) is 4.79 Å². The summed E-state index contributed by atoms with van der Waals surface area (Å²) in [5.41, 5.74) is 4.12. The van der Waals surface area contributed by atoms with Crippen molar-refractivity contribution in [2.75, 3.05) is 16.6 Å². The van der Waals surface area contributed by atoms with Crippen LogP contribution in [-0.2, 0) is 10.2 Å². The number of nitrogens with zero attached hydrogens (tertiary/aromatic N) is 1. The molecule has 5 nitrogen and oxygen atoms in total. The van der Waals surface area contributed by atoms with Crippen LogP contribution in [0.15, 0.2) is 71.6 Å². The molecule has 2 bridgehead atoms. The Kier molecular flexibility index (Phi) is 7.75. The van der Waals surface area contributed by atoms with E-state index in [0.29, 0.717) is 23.5 Å². The minimum absolute atomic E-state index is 0.296. The lowest BCUT2D eigenvalue weighted by Crippen LogP contribution is -2.38. The molecule has 2 N–H and O–H groups in total. The molecule has 0 saturated heterocycles. The summed E-state index contributed by atoms with van der Waals surface area (Å²) < 4.78 is 8.52. The molecule has 2 aliphatic carbocycles. The van der Waals surface area contributed by atoms with E-state index >= 15 is 0 Å². The number of aromatic nitrogens is 1. The third kappa shape index (κ3) is 6.30. The molecule has 6 heteroatoms. The van der Waals surface area contributed by atoms with Gasteiger partial charge < -0.3 is 14.8 Å². The third-order valence-corrected chi connectivity index (χ3v) is 8.69. The Morgan fingerprint density at radius 3 is 2.32 bits per heavy atom. The smallest absolute Gasteiger partial charge is 0.356 e. The van der Waals surface area contributed by atoms with Crippen LogP contribution in [0.1, 0.15) is 68.9 Å². The Bertz CT molecular complexity index is 1190. The van der Waals surface area contributed by atoms with Gasteiger partial charge in [0.2, 0.25) is 0 Å². The van der Waals surface area contributed by atoms with Crippen molar-refractivity contribution in [1.82, 2.24) is 4.98 Å². The third-order valence-electron chi connectivity index (χ3n) is 7.85. The minimum Gasteiger partial charge on any atom is -0.461 e. The molecule has 2 aromatic carbocycles. The van der Waals surface area contributed by atoms with Crippen molar-refractivity contribution in [3.63, 3.8) is 0 Å². The van der Waals surface area contributed by atoms with E-state index in [0.717, 1.165) is 34.0 Å². The highest BCUT2D eigenvalue weighted by molar-refractivity contribution is 8.00. The van der Waals surface area contributed by atoms with Gasteiger partial charge in [0.05, 0.1) is 6.61 Å². The maximum Gasteiger partial charge on any atom is 0.356 e. The SMILES string of the molecule is CCOC(=O)c1cccc(Nc2ccc(SNc3ccc(C4(C)CC5CC(C)CC(C5)C4)cc3)cc2)n1. The number of carbonyl (C=O) groups excluding carboxylic acids is 1. The van der Waals surface area contributed by atoms with Crippen LogP contribution in [0, 0.1) is 17.8 Å². The van der Waals surface area contributed by atoms with Crippen molar-refractivity contribution in [2.24, 2.45) is 17.8 Å². The van der Waals surface area contributed by atoms with Crippen LogP contribution in [0.25, 0.3) is 0 Å². The molecule has 2 saturated carbocycles. The lowest BCUT2D eigenvalue weighted by Gasteiger charge is -2.47. The van der Waals surface area contributed by atoms with Gasteiger partial charge in [-0.1, -0.05) is 32.0 Å². The summed E-state index contributed by atoms with van der Waals surface area (Å²) >= 11 is 1.60. The monoisotopic (exact) mass is 515 g/mol. The fourth-order valence-corrected chi connectivity index (χ4v) is 7.10. The summed E-state index contributed by atoms with van der Waals surface area (Å²) in [4.78, 5) is 17.4. The van der Waals surface area contributed by atoms with Gasteiger partial charge in [0.25, 0.3) is 0 Å². The predicted octanol–water partition coefficient (Wildman–Crippen LogP) is 8.23. The number of pyridine rings is 1. The van der Waals surface area contributed by atoms with Crippen molar-refractivity contribution in [3.05, 3.63) is 78.0 Å². The van der Waals surface area contributed by atoms with Crippen LogP contribution >= 0.6 is 11.9 Å². The summed E-state index contributed by atoms with van der Waals surface area (Å²) in [5.74, 6) is 2.89. The van der Waals surface area contributed by atoms with E-state index in [-0.39, 0.29) is 0 Å². The van der Waals surface area contributed by atoms with Crippen LogP contribution in [0.5, 0.6) is 0 Å². The predicted molar refractivity (Wildman–Crippen MR) is 152 cm³/mol. The second-order valence-electron chi connectivity index (χ2n) is 11.1. The number of carbonyl (C=O) groups is 1. The van der Waals surface area contributed by atoms with Crippen LogP contribution in [0.3, 0.4) is 0 Å². The lowest BCUT2D eigenvalue weighted by molar-refractivity contribution is 0.0519. The van der Waals surface area contributed by atoms with E-state index in [1.165, 1.54) is 37.7 Å². The molecule has 0 amide bonds. The maximum atomic E-state index is 11.9. The van der Waals surface area contributed by atoms with Gasteiger partial charge in [0.15, 0.2) is 5.69 Å². The summed E-state index contributed by atoms with van der Waals surface area (Å²) in [6.45, 7) is 7.03. The Morgan fingerprint density at radius 1 is 0.973 bits per heavy atom. The van der Waals surface area contributed by atoms with Gasteiger partial charge in [-0.25, -0.2) is 9.78 Å². The molecule has 5 rings (SSSR count). The molecule has 0 aliphatic heterocycles. The Hall–Kier alpha value is -2.99. The van der Waals surface area contributed by atoms with Gasteiger partial charge >= 0.3 is 5.97 Å². The normalized spacial score (nSPS) is 24.8. The first-order valence-corrected chi connectivity index (χ1v) is 14.3. The van der Waals surface area contributed by atoms with Crippen molar-refractivity contribution in [3.8, 4) is 0 Å². The molecule has 2 fully saturated rings. The van der Waals surface area contributed by atoms with E-state index in [1.54, 1.807) is 31.0 Å². The number of rotatable bonds is 8. The summed E-state index contributed by atoms with van der Waals surface area (Å²) in [5, 5.41) is 3.25. The van der Waals surface area contributed by atoms with Gasteiger partial charge in [-0.15, -0.1) is 0 Å². The molecule has 3 aromatic rings. The first-order valence-electron chi connectivity index (χ1n) is 13.4. The van der Waals surface area contributed by atoms with Gasteiger partial charge in [-0.3, -0.25) is 0 Å². The molecular formula is C31H37N3O2S. The quantitative estimate of drug-likeness (QED) is 0.233. The van der Waals surface area contributed by atoms with Crippen molar-refractivity contribution < 1.29 is 9.53 Å². The first kappa shape index (κ1) is 25.7. The Morgan fingerprint density at radius 2 is 1.65 bits per heavy atom. The maximum absolute atomic E-state index is 11.9. The standard InChI is InChI=1S/C31H37N3O2S/c1-4-36-30(35)28-6-5-7-29(33-28)32-25-12-14-27(15-13-25)37-34-26-10-8-24(9-11-26)31(3)19-22-16-21(2)17-23(18-22)20-31/h5-15,21-23,34H,4,16-20H2,1-3H3,(H,32,33). The number of nitrogens with one attached hydrogen (secondary N) is 2. The first-order chi connectivity index (χ1) is 17.9. The highest BCUT2D eigenvalue weighted by atomic mass is 32.2. The van der Waals surface area contributed by atoms with Gasteiger partial charge in [-0.2, -0.15) is 0 Å². The molecule has 1 aromatic heterocycles. The van der Waals surface area contributed by atoms with E-state index in [1.807, 2.05) is 18.2 Å². The highest BCUT2D eigenvalue weighted by Gasteiger charge is 2.41. The topological polar surface area (TPSA) is 63.2 Å².